The molecule has 2 aromatic carbocycles. The summed E-state index contributed by atoms with van der Waals surface area (Å²) in [5.41, 5.74) is 1.24. The van der Waals surface area contributed by atoms with Gasteiger partial charge in [-0.05, 0) is 11.6 Å². The Balaban J connectivity index is 1.65. The molecule has 0 bridgehead atoms. The van der Waals surface area contributed by atoms with E-state index in [0.29, 0.717) is 11.9 Å². The number of halogens is 2. The fraction of sp³-hybridized carbons (Fsp3) is 0.118. The molecule has 0 saturated carbocycles. The second kappa shape index (κ2) is 6.99. The van der Waals surface area contributed by atoms with Crippen LogP contribution in [-0.4, -0.2) is 22.4 Å². The third-order valence-corrected chi connectivity index (χ3v) is 3.43. The molecule has 0 radical (unpaired) electrons. The fourth-order valence-electron chi connectivity index (χ4n) is 2.22. The molecule has 0 aliphatic rings. The Kier molecular flexibility index (Phi) is 4.60. The third kappa shape index (κ3) is 3.62. The van der Waals surface area contributed by atoms with Gasteiger partial charge in [-0.3, -0.25) is 4.79 Å². The molecule has 1 amide bonds. The monoisotopic (exact) mass is 328 g/mol. The van der Waals surface area contributed by atoms with Gasteiger partial charge < -0.3 is 10.6 Å². The highest BCUT2D eigenvalue weighted by Crippen LogP contribution is 2.21. The largest absolute Gasteiger partial charge is 0.360 e. The number of nitrogens with one attached hydrogen (secondary N) is 2. The molecule has 1 heterocycles. The lowest BCUT2D eigenvalue weighted by atomic mass is 10.2. The molecule has 2 N–H and O–H groups in total. The van der Waals surface area contributed by atoms with Gasteiger partial charge in [0, 0.05) is 18.0 Å². The normalized spacial score (nSPS) is 10.6. The molecular weight excluding hydrogens is 314 g/mol. The van der Waals surface area contributed by atoms with Crippen molar-refractivity contribution >= 4 is 22.6 Å². The van der Waals surface area contributed by atoms with E-state index in [9.17, 15) is 13.6 Å². The van der Waals surface area contributed by atoms with E-state index in [2.05, 4.69) is 20.6 Å². The highest BCUT2D eigenvalue weighted by Gasteiger charge is 2.10. The molecule has 0 unspecified atom stereocenters. The summed E-state index contributed by atoms with van der Waals surface area (Å²) in [6.45, 7) is 0.365. The summed E-state index contributed by atoms with van der Waals surface area (Å²) >= 11 is 0. The summed E-state index contributed by atoms with van der Waals surface area (Å²) in [7, 11) is 0. The lowest BCUT2D eigenvalue weighted by Gasteiger charge is -2.09. The first-order valence-electron chi connectivity index (χ1n) is 7.28. The lowest BCUT2D eigenvalue weighted by Crippen LogP contribution is -2.29. The zero-order valence-electron chi connectivity index (χ0n) is 12.6. The number of amides is 1. The molecule has 0 spiro atoms. The Morgan fingerprint density at radius 3 is 2.58 bits per heavy atom. The summed E-state index contributed by atoms with van der Waals surface area (Å²) in [5, 5.41) is 5.89. The van der Waals surface area contributed by atoms with E-state index < -0.39 is 11.6 Å². The molecular formula is C17H14F2N4O. The van der Waals surface area contributed by atoms with Crippen molar-refractivity contribution in [1.82, 2.24) is 15.3 Å². The van der Waals surface area contributed by atoms with Gasteiger partial charge in [-0.25, -0.2) is 18.7 Å². The van der Waals surface area contributed by atoms with Crippen LogP contribution in [-0.2, 0) is 11.3 Å². The van der Waals surface area contributed by atoms with Crippen LogP contribution in [0.1, 0.15) is 5.56 Å². The van der Waals surface area contributed by atoms with Crippen LogP contribution in [0.2, 0.25) is 0 Å². The van der Waals surface area contributed by atoms with Crippen LogP contribution in [0.15, 0.2) is 48.8 Å². The quantitative estimate of drug-likeness (QED) is 0.756. The Hall–Kier alpha value is -3.09. The number of hydrogen-bond donors (Lipinski definition) is 2. The Bertz CT molecular complexity index is 871. The Morgan fingerprint density at radius 1 is 1.04 bits per heavy atom. The molecule has 122 valence electrons. The van der Waals surface area contributed by atoms with Crippen LogP contribution >= 0.6 is 0 Å². The predicted octanol–water partition coefficient (Wildman–Crippen LogP) is 2.64. The van der Waals surface area contributed by atoms with Gasteiger partial charge in [-0.1, -0.05) is 30.3 Å². The number of rotatable bonds is 5. The maximum atomic E-state index is 13.4. The first-order valence-corrected chi connectivity index (χ1v) is 7.28. The second-order valence-corrected chi connectivity index (χ2v) is 5.12. The zero-order chi connectivity index (χ0) is 16.9. The van der Waals surface area contributed by atoms with Crippen LogP contribution in [0.5, 0.6) is 0 Å². The van der Waals surface area contributed by atoms with Crippen LogP contribution in [0.4, 0.5) is 14.6 Å². The number of carbonyl (C=O) groups is 1. The predicted molar refractivity (Wildman–Crippen MR) is 86.2 cm³/mol. The van der Waals surface area contributed by atoms with Crippen LogP contribution in [0.25, 0.3) is 10.9 Å². The van der Waals surface area contributed by atoms with Gasteiger partial charge in [0.05, 0.1) is 12.1 Å². The number of aromatic nitrogens is 2. The van der Waals surface area contributed by atoms with Gasteiger partial charge in [0.1, 0.15) is 12.1 Å². The number of nitrogens with zero attached hydrogens (tertiary/aromatic N) is 2. The van der Waals surface area contributed by atoms with E-state index in [4.69, 9.17) is 0 Å². The number of benzene rings is 2. The topological polar surface area (TPSA) is 66.9 Å². The van der Waals surface area contributed by atoms with Crippen LogP contribution < -0.4 is 10.6 Å². The van der Waals surface area contributed by atoms with E-state index in [0.717, 1.165) is 17.7 Å². The zero-order valence-corrected chi connectivity index (χ0v) is 12.6. The molecule has 0 atom stereocenters. The van der Waals surface area contributed by atoms with Crippen LogP contribution in [0.3, 0.4) is 0 Å². The average Bonchev–Trinajstić information content (AvgIpc) is 2.60. The van der Waals surface area contributed by atoms with Crippen molar-refractivity contribution in [3.63, 3.8) is 0 Å². The number of carbonyl (C=O) groups excluding carboxylic acids is 1. The molecule has 1 aromatic heterocycles. The highest BCUT2D eigenvalue weighted by atomic mass is 19.2. The summed E-state index contributed by atoms with van der Waals surface area (Å²) < 4.78 is 26.6. The molecule has 3 aromatic rings. The van der Waals surface area contributed by atoms with E-state index >= 15 is 0 Å². The van der Waals surface area contributed by atoms with Crippen molar-refractivity contribution in [2.24, 2.45) is 0 Å². The summed E-state index contributed by atoms with van der Waals surface area (Å²) in [5.74, 6) is -1.94. The van der Waals surface area contributed by atoms with Gasteiger partial charge in [0.2, 0.25) is 5.91 Å². The molecule has 0 aliphatic heterocycles. The maximum Gasteiger partial charge on any atom is 0.239 e. The summed E-state index contributed by atoms with van der Waals surface area (Å²) in [6, 6.07) is 11.5. The third-order valence-electron chi connectivity index (χ3n) is 3.43. The van der Waals surface area contributed by atoms with Crippen molar-refractivity contribution in [3.05, 3.63) is 66.0 Å². The number of fused-ring (bicyclic) bond motifs is 1. The Morgan fingerprint density at radius 2 is 1.79 bits per heavy atom. The van der Waals surface area contributed by atoms with Gasteiger partial charge in [0.25, 0.3) is 0 Å². The van der Waals surface area contributed by atoms with Crippen LogP contribution in [0, 0.1) is 11.6 Å². The standard InChI is InChI=1S/C17H14F2N4O/c18-13-6-12-15(7-14(13)19)22-10-23-17(12)21-9-16(24)20-8-11-4-2-1-3-5-11/h1-7,10H,8-9H2,(H,20,24)(H,21,22,23). The molecule has 0 fully saturated rings. The molecule has 3 rings (SSSR count). The van der Waals surface area contributed by atoms with Gasteiger partial charge in [0.15, 0.2) is 11.6 Å². The maximum absolute atomic E-state index is 13.4. The molecule has 7 heteroatoms. The van der Waals surface area contributed by atoms with Crippen molar-refractivity contribution in [2.45, 2.75) is 6.54 Å². The first kappa shape index (κ1) is 15.8. The van der Waals surface area contributed by atoms with Gasteiger partial charge in [-0.15, -0.1) is 0 Å². The minimum absolute atomic E-state index is 0.0437. The number of anilines is 1. The van der Waals surface area contributed by atoms with E-state index in [1.165, 1.54) is 6.33 Å². The minimum atomic E-state index is -0.992. The van der Waals surface area contributed by atoms with Crippen molar-refractivity contribution in [2.75, 3.05) is 11.9 Å². The smallest absolute Gasteiger partial charge is 0.239 e. The first-order chi connectivity index (χ1) is 11.6. The lowest BCUT2D eigenvalue weighted by molar-refractivity contribution is -0.119. The molecule has 5 nitrogen and oxygen atoms in total. The summed E-state index contributed by atoms with van der Waals surface area (Å²) in [4.78, 5) is 19.8. The highest BCUT2D eigenvalue weighted by molar-refractivity contribution is 5.90. The van der Waals surface area contributed by atoms with Crippen molar-refractivity contribution in [1.29, 1.82) is 0 Å². The molecule has 0 aliphatic carbocycles. The van der Waals surface area contributed by atoms with Gasteiger partial charge >= 0.3 is 0 Å². The summed E-state index contributed by atoms with van der Waals surface area (Å²) in [6.07, 6.45) is 1.23. The van der Waals surface area contributed by atoms with Crippen molar-refractivity contribution < 1.29 is 13.6 Å². The van der Waals surface area contributed by atoms with Gasteiger partial charge in [-0.2, -0.15) is 0 Å². The minimum Gasteiger partial charge on any atom is -0.360 e. The SMILES string of the molecule is O=C(CNc1ncnc2cc(F)c(F)cc12)NCc1ccccc1. The van der Waals surface area contributed by atoms with E-state index in [-0.39, 0.29) is 23.8 Å². The van der Waals surface area contributed by atoms with E-state index in [1.54, 1.807) is 0 Å². The van der Waals surface area contributed by atoms with E-state index in [1.807, 2.05) is 30.3 Å². The molecule has 24 heavy (non-hydrogen) atoms. The number of hydrogen-bond acceptors (Lipinski definition) is 4. The Labute approximate surface area is 136 Å². The second-order valence-electron chi connectivity index (χ2n) is 5.12. The molecule has 0 saturated heterocycles. The average molecular weight is 328 g/mol. The van der Waals surface area contributed by atoms with Crippen molar-refractivity contribution in [3.8, 4) is 0 Å². The fourth-order valence-corrected chi connectivity index (χ4v) is 2.22.